The largest absolute Gasteiger partial charge is 0.381 e. The number of halogens is 1. The van der Waals surface area contributed by atoms with E-state index < -0.39 is 5.91 Å². The monoisotopic (exact) mass is 285 g/mol. The minimum absolute atomic E-state index is 0.380. The minimum Gasteiger partial charge on any atom is -0.381 e. The number of nitrogens with one attached hydrogen (secondary N) is 1. The third-order valence-electron chi connectivity index (χ3n) is 2.81. The van der Waals surface area contributed by atoms with E-state index >= 15 is 0 Å². The lowest BCUT2D eigenvalue weighted by molar-refractivity contribution is 0.100. The highest BCUT2D eigenvalue weighted by Gasteiger charge is 2.05. The van der Waals surface area contributed by atoms with Crippen molar-refractivity contribution in [2.45, 2.75) is 6.54 Å². The summed E-state index contributed by atoms with van der Waals surface area (Å²) in [5.74, 6) is -0.506. The lowest BCUT2D eigenvalue weighted by atomic mass is 10.1. The molecule has 0 aromatic heterocycles. The van der Waals surface area contributed by atoms with E-state index in [1.165, 1.54) is 0 Å². The number of rotatable bonds is 4. The lowest BCUT2D eigenvalue weighted by Gasteiger charge is -2.09. The number of hydrogen-bond acceptors (Lipinski definition) is 3. The Balaban J connectivity index is 2.11. The topological polar surface area (TPSA) is 78.9 Å². The van der Waals surface area contributed by atoms with Crippen LogP contribution < -0.4 is 11.1 Å². The number of benzene rings is 2. The smallest absolute Gasteiger partial charge is 0.248 e. The maximum Gasteiger partial charge on any atom is 0.248 e. The highest BCUT2D eigenvalue weighted by atomic mass is 35.5. The van der Waals surface area contributed by atoms with Gasteiger partial charge in [0.1, 0.15) is 0 Å². The quantitative estimate of drug-likeness (QED) is 0.906. The van der Waals surface area contributed by atoms with Gasteiger partial charge in [-0.3, -0.25) is 4.79 Å². The molecule has 0 radical (unpaired) electrons. The predicted octanol–water partition coefficient (Wildman–Crippen LogP) is 2.92. The summed E-state index contributed by atoms with van der Waals surface area (Å²) in [6, 6.07) is 14.2. The maximum atomic E-state index is 11.0. The van der Waals surface area contributed by atoms with Gasteiger partial charge in [0, 0.05) is 22.8 Å². The number of amides is 1. The third-order valence-corrected chi connectivity index (χ3v) is 3.16. The zero-order chi connectivity index (χ0) is 14.5. The number of carbonyl (C=O) groups excluding carboxylic acids is 1. The Labute approximate surface area is 121 Å². The van der Waals surface area contributed by atoms with Crippen LogP contribution in [0.3, 0.4) is 0 Å². The molecular weight excluding hydrogens is 274 g/mol. The first-order valence-corrected chi connectivity index (χ1v) is 6.30. The van der Waals surface area contributed by atoms with Gasteiger partial charge >= 0.3 is 0 Å². The molecule has 0 saturated heterocycles. The van der Waals surface area contributed by atoms with E-state index in [9.17, 15) is 4.79 Å². The molecule has 3 N–H and O–H groups in total. The van der Waals surface area contributed by atoms with Gasteiger partial charge in [-0.25, -0.2) is 0 Å². The van der Waals surface area contributed by atoms with Crippen LogP contribution in [0.4, 0.5) is 5.69 Å². The number of nitrogens with zero attached hydrogens (tertiary/aromatic N) is 1. The van der Waals surface area contributed by atoms with Gasteiger partial charge in [0.05, 0.1) is 11.6 Å². The molecule has 0 spiro atoms. The Hall–Kier alpha value is -2.51. The molecule has 0 unspecified atom stereocenters. The second-order valence-electron chi connectivity index (χ2n) is 4.22. The molecule has 4 nitrogen and oxygen atoms in total. The zero-order valence-corrected chi connectivity index (χ0v) is 11.3. The molecule has 0 heterocycles. The molecule has 0 bridgehead atoms. The average Bonchev–Trinajstić information content (AvgIpc) is 2.46. The van der Waals surface area contributed by atoms with Gasteiger partial charge in [0.15, 0.2) is 0 Å². The summed E-state index contributed by atoms with van der Waals surface area (Å²) < 4.78 is 0. The van der Waals surface area contributed by atoms with Crippen molar-refractivity contribution in [3.8, 4) is 6.07 Å². The Morgan fingerprint density at radius 3 is 2.75 bits per heavy atom. The highest BCUT2D eigenvalue weighted by Crippen LogP contribution is 2.19. The Morgan fingerprint density at radius 1 is 1.30 bits per heavy atom. The molecule has 100 valence electrons. The fourth-order valence-corrected chi connectivity index (χ4v) is 1.99. The first kappa shape index (κ1) is 13.9. The Kier molecular flexibility index (Phi) is 4.24. The van der Waals surface area contributed by atoms with E-state index in [2.05, 4.69) is 11.4 Å². The van der Waals surface area contributed by atoms with E-state index in [-0.39, 0.29) is 0 Å². The third kappa shape index (κ3) is 3.28. The molecule has 2 aromatic rings. The SMILES string of the molecule is N#Cc1cccc(NCc2ccc(C(N)=O)cc2Cl)c1. The number of anilines is 1. The van der Waals surface area contributed by atoms with Crippen molar-refractivity contribution >= 4 is 23.2 Å². The van der Waals surface area contributed by atoms with Crippen LogP contribution in [0.5, 0.6) is 0 Å². The van der Waals surface area contributed by atoms with Gasteiger partial charge in [-0.05, 0) is 35.9 Å². The number of nitriles is 1. The van der Waals surface area contributed by atoms with E-state index in [1.807, 2.05) is 6.07 Å². The lowest BCUT2D eigenvalue weighted by Crippen LogP contribution is -2.11. The first-order chi connectivity index (χ1) is 9.60. The van der Waals surface area contributed by atoms with Crippen molar-refractivity contribution in [3.63, 3.8) is 0 Å². The van der Waals surface area contributed by atoms with Crippen LogP contribution in [-0.2, 0) is 6.54 Å². The molecule has 0 saturated carbocycles. The van der Waals surface area contributed by atoms with Crippen LogP contribution in [0, 0.1) is 11.3 Å². The molecule has 2 aromatic carbocycles. The van der Waals surface area contributed by atoms with Crippen molar-refractivity contribution in [1.82, 2.24) is 0 Å². The van der Waals surface area contributed by atoms with Crippen molar-refractivity contribution in [1.29, 1.82) is 5.26 Å². The summed E-state index contributed by atoms with van der Waals surface area (Å²) in [4.78, 5) is 11.0. The molecule has 0 fully saturated rings. The molecular formula is C15H12ClN3O. The summed E-state index contributed by atoms with van der Waals surface area (Å²) in [5, 5.41) is 12.5. The molecule has 1 amide bonds. The molecule has 0 aliphatic heterocycles. The molecule has 2 rings (SSSR count). The number of carbonyl (C=O) groups is 1. The minimum atomic E-state index is -0.506. The fourth-order valence-electron chi connectivity index (χ4n) is 1.74. The zero-order valence-electron chi connectivity index (χ0n) is 10.6. The summed E-state index contributed by atoms with van der Waals surface area (Å²) >= 11 is 6.10. The summed E-state index contributed by atoms with van der Waals surface area (Å²) in [5.41, 5.74) is 7.83. The fraction of sp³-hybridized carbons (Fsp3) is 0.0667. The predicted molar refractivity (Wildman–Crippen MR) is 78.5 cm³/mol. The summed E-state index contributed by atoms with van der Waals surface area (Å²) in [7, 11) is 0. The van der Waals surface area contributed by atoms with Gasteiger partial charge in [0.25, 0.3) is 0 Å². The average molecular weight is 286 g/mol. The molecule has 0 atom stereocenters. The Bertz CT molecular complexity index is 692. The van der Waals surface area contributed by atoms with E-state index in [4.69, 9.17) is 22.6 Å². The van der Waals surface area contributed by atoms with Crippen molar-refractivity contribution < 1.29 is 4.79 Å². The molecule has 0 aliphatic rings. The standard InChI is InChI=1S/C15H12ClN3O/c16-14-7-11(15(18)20)4-5-12(14)9-19-13-3-1-2-10(6-13)8-17/h1-7,19H,9H2,(H2,18,20). The van der Waals surface area contributed by atoms with Crippen molar-refractivity contribution in [2.24, 2.45) is 5.73 Å². The van der Waals surface area contributed by atoms with Gasteiger partial charge in [-0.15, -0.1) is 0 Å². The molecule has 5 heteroatoms. The van der Waals surface area contributed by atoms with Crippen LogP contribution >= 0.6 is 11.6 Å². The van der Waals surface area contributed by atoms with Crippen molar-refractivity contribution in [3.05, 3.63) is 64.2 Å². The van der Waals surface area contributed by atoms with Gasteiger partial charge < -0.3 is 11.1 Å². The van der Waals surface area contributed by atoms with Crippen LogP contribution in [-0.4, -0.2) is 5.91 Å². The summed E-state index contributed by atoms with van der Waals surface area (Å²) in [6.07, 6.45) is 0. The normalized spacial score (nSPS) is 9.80. The number of nitrogens with two attached hydrogens (primary N) is 1. The van der Waals surface area contributed by atoms with Crippen molar-refractivity contribution in [2.75, 3.05) is 5.32 Å². The highest BCUT2D eigenvalue weighted by molar-refractivity contribution is 6.31. The van der Waals surface area contributed by atoms with E-state index in [0.717, 1.165) is 11.3 Å². The van der Waals surface area contributed by atoms with Gasteiger partial charge in [0.2, 0.25) is 5.91 Å². The van der Waals surface area contributed by atoms with Gasteiger partial charge in [-0.2, -0.15) is 5.26 Å². The Morgan fingerprint density at radius 2 is 2.10 bits per heavy atom. The molecule has 20 heavy (non-hydrogen) atoms. The van der Waals surface area contributed by atoms with E-state index in [1.54, 1.807) is 36.4 Å². The number of primary amides is 1. The van der Waals surface area contributed by atoms with Crippen LogP contribution in [0.2, 0.25) is 5.02 Å². The van der Waals surface area contributed by atoms with Crippen LogP contribution in [0.25, 0.3) is 0 Å². The van der Waals surface area contributed by atoms with Gasteiger partial charge in [-0.1, -0.05) is 23.7 Å². The van der Waals surface area contributed by atoms with Crippen LogP contribution in [0.1, 0.15) is 21.5 Å². The number of hydrogen-bond donors (Lipinski definition) is 2. The van der Waals surface area contributed by atoms with E-state index in [0.29, 0.717) is 22.7 Å². The van der Waals surface area contributed by atoms with Crippen LogP contribution in [0.15, 0.2) is 42.5 Å². The first-order valence-electron chi connectivity index (χ1n) is 5.92. The maximum absolute atomic E-state index is 11.0. The summed E-state index contributed by atoms with van der Waals surface area (Å²) in [6.45, 7) is 0.493. The molecule has 0 aliphatic carbocycles. The second-order valence-corrected chi connectivity index (χ2v) is 4.62. The second kappa shape index (κ2) is 6.09.